The van der Waals surface area contributed by atoms with E-state index in [2.05, 4.69) is 20.5 Å². The smallest absolute Gasteiger partial charge is 0.266 e. The van der Waals surface area contributed by atoms with Crippen molar-refractivity contribution >= 4 is 11.6 Å². The molecule has 0 bridgehead atoms. The molecule has 0 aromatic carbocycles. The minimum atomic E-state index is 0.0218. The van der Waals surface area contributed by atoms with Crippen LogP contribution in [0.25, 0.3) is 11.6 Å². The van der Waals surface area contributed by atoms with Crippen molar-refractivity contribution in [1.29, 1.82) is 0 Å². The molecule has 0 amide bonds. The molecule has 0 saturated carbocycles. The SMILES string of the molecule is CNC(C)c1nnc(-c2ccc(Cl)cn2)o1. The van der Waals surface area contributed by atoms with E-state index < -0.39 is 0 Å². The van der Waals surface area contributed by atoms with Crippen molar-refractivity contribution in [3.05, 3.63) is 29.2 Å². The van der Waals surface area contributed by atoms with E-state index in [0.717, 1.165) is 0 Å². The lowest BCUT2D eigenvalue weighted by atomic mass is 10.3. The highest BCUT2D eigenvalue weighted by Gasteiger charge is 2.13. The Morgan fingerprint density at radius 2 is 2.19 bits per heavy atom. The van der Waals surface area contributed by atoms with Gasteiger partial charge in [0.15, 0.2) is 0 Å². The molecule has 16 heavy (non-hydrogen) atoms. The lowest BCUT2D eigenvalue weighted by molar-refractivity contribution is 0.440. The van der Waals surface area contributed by atoms with Crippen LogP contribution in [-0.2, 0) is 0 Å². The molecule has 2 aromatic rings. The summed E-state index contributed by atoms with van der Waals surface area (Å²) in [6, 6.07) is 3.49. The van der Waals surface area contributed by atoms with E-state index in [0.29, 0.717) is 22.5 Å². The van der Waals surface area contributed by atoms with Crippen LogP contribution in [0, 0.1) is 0 Å². The molecule has 1 N–H and O–H groups in total. The standard InChI is InChI=1S/C10H11ClN4O/c1-6(12-2)9-14-15-10(16-9)8-4-3-7(11)5-13-8/h3-6,12H,1-2H3. The molecule has 2 aromatic heterocycles. The van der Waals surface area contributed by atoms with Crippen molar-refractivity contribution in [2.45, 2.75) is 13.0 Å². The fourth-order valence-corrected chi connectivity index (χ4v) is 1.25. The lowest BCUT2D eigenvalue weighted by Crippen LogP contribution is -2.12. The van der Waals surface area contributed by atoms with Gasteiger partial charge in [-0.15, -0.1) is 10.2 Å². The first-order chi connectivity index (χ1) is 7.70. The minimum absolute atomic E-state index is 0.0218. The van der Waals surface area contributed by atoms with Crippen LogP contribution in [0.15, 0.2) is 22.7 Å². The van der Waals surface area contributed by atoms with Gasteiger partial charge in [-0.05, 0) is 26.1 Å². The molecule has 0 saturated heterocycles. The quantitative estimate of drug-likeness (QED) is 0.887. The fraction of sp³-hybridized carbons (Fsp3) is 0.300. The Labute approximate surface area is 97.9 Å². The molecule has 0 aliphatic carbocycles. The second-order valence-electron chi connectivity index (χ2n) is 3.32. The van der Waals surface area contributed by atoms with Crippen LogP contribution in [-0.4, -0.2) is 22.2 Å². The van der Waals surface area contributed by atoms with Gasteiger partial charge in [0, 0.05) is 6.20 Å². The van der Waals surface area contributed by atoms with Crippen LogP contribution in [0.3, 0.4) is 0 Å². The molecule has 0 aliphatic heterocycles. The van der Waals surface area contributed by atoms with Gasteiger partial charge in [-0.2, -0.15) is 0 Å². The Hall–Kier alpha value is -1.46. The molecule has 0 aliphatic rings. The first-order valence-electron chi connectivity index (χ1n) is 4.83. The maximum atomic E-state index is 5.74. The predicted molar refractivity (Wildman–Crippen MR) is 60.0 cm³/mol. The van der Waals surface area contributed by atoms with Crippen LogP contribution in [0.1, 0.15) is 18.9 Å². The van der Waals surface area contributed by atoms with Crippen molar-refractivity contribution in [1.82, 2.24) is 20.5 Å². The number of pyridine rings is 1. The third-order valence-corrected chi connectivity index (χ3v) is 2.41. The van der Waals surface area contributed by atoms with E-state index in [1.807, 2.05) is 14.0 Å². The van der Waals surface area contributed by atoms with Crippen molar-refractivity contribution in [3.8, 4) is 11.6 Å². The van der Waals surface area contributed by atoms with Crippen molar-refractivity contribution in [2.24, 2.45) is 0 Å². The summed E-state index contributed by atoms with van der Waals surface area (Å²) >= 11 is 5.74. The lowest BCUT2D eigenvalue weighted by Gasteiger charge is -2.02. The van der Waals surface area contributed by atoms with E-state index in [1.165, 1.54) is 0 Å². The van der Waals surface area contributed by atoms with Crippen molar-refractivity contribution < 1.29 is 4.42 Å². The average molecular weight is 239 g/mol. The molecule has 2 heterocycles. The highest BCUT2D eigenvalue weighted by molar-refractivity contribution is 6.30. The zero-order chi connectivity index (χ0) is 11.5. The topological polar surface area (TPSA) is 63.8 Å². The first-order valence-corrected chi connectivity index (χ1v) is 5.21. The number of halogens is 1. The largest absolute Gasteiger partial charge is 0.418 e. The summed E-state index contributed by atoms with van der Waals surface area (Å²) < 4.78 is 5.47. The van der Waals surface area contributed by atoms with Crippen LogP contribution in [0.4, 0.5) is 0 Å². The summed E-state index contributed by atoms with van der Waals surface area (Å²) in [7, 11) is 1.83. The minimum Gasteiger partial charge on any atom is -0.418 e. The summed E-state index contributed by atoms with van der Waals surface area (Å²) in [6.45, 7) is 1.94. The zero-order valence-corrected chi connectivity index (χ0v) is 9.69. The summed E-state index contributed by atoms with van der Waals surface area (Å²) in [6.07, 6.45) is 1.54. The van der Waals surface area contributed by atoms with Crippen LogP contribution in [0.2, 0.25) is 5.02 Å². The second-order valence-corrected chi connectivity index (χ2v) is 3.75. The van der Waals surface area contributed by atoms with Gasteiger partial charge in [0.05, 0.1) is 11.1 Å². The fourth-order valence-electron chi connectivity index (χ4n) is 1.14. The number of aromatic nitrogens is 3. The zero-order valence-electron chi connectivity index (χ0n) is 8.94. The summed E-state index contributed by atoms with van der Waals surface area (Å²) in [5, 5.41) is 11.4. The van der Waals surface area contributed by atoms with Crippen LogP contribution >= 0.6 is 11.6 Å². The Bertz CT molecular complexity index is 468. The number of hydrogen-bond acceptors (Lipinski definition) is 5. The van der Waals surface area contributed by atoms with Crippen LogP contribution < -0.4 is 5.32 Å². The molecule has 6 heteroatoms. The Morgan fingerprint density at radius 3 is 2.81 bits per heavy atom. The summed E-state index contributed by atoms with van der Waals surface area (Å²) in [4.78, 5) is 4.10. The van der Waals surface area contributed by atoms with E-state index in [1.54, 1.807) is 18.3 Å². The van der Waals surface area contributed by atoms with Gasteiger partial charge in [0.1, 0.15) is 5.69 Å². The van der Waals surface area contributed by atoms with E-state index in [9.17, 15) is 0 Å². The molecule has 0 radical (unpaired) electrons. The Morgan fingerprint density at radius 1 is 1.38 bits per heavy atom. The molecule has 5 nitrogen and oxygen atoms in total. The molecule has 1 unspecified atom stereocenters. The maximum absolute atomic E-state index is 5.74. The molecule has 0 fully saturated rings. The summed E-state index contributed by atoms with van der Waals surface area (Å²) in [5.41, 5.74) is 0.617. The maximum Gasteiger partial charge on any atom is 0.266 e. The van der Waals surface area contributed by atoms with Gasteiger partial charge in [0.2, 0.25) is 5.89 Å². The van der Waals surface area contributed by atoms with Crippen LogP contribution in [0.5, 0.6) is 0 Å². The molecule has 2 rings (SSSR count). The third kappa shape index (κ3) is 2.20. The van der Waals surface area contributed by atoms with Gasteiger partial charge in [-0.25, -0.2) is 4.98 Å². The van der Waals surface area contributed by atoms with Gasteiger partial charge in [-0.1, -0.05) is 11.6 Å². The normalized spacial score (nSPS) is 12.7. The Kier molecular flexibility index (Phi) is 3.17. The summed E-state index contributed by atoms with van der Waals surface area (Å²) in [5.74, 6) is 0.933. The van der Waals surface area contributed by atoms with E-state index in [4.69, 9.17) is 16.0 Å². The van der Waals surface area contributed by atoms with E-state index >= 15 is 0 Å². The number of nitrogens with zero attached hydrogens (tertiary/aromatic N) is 3. The second kappa shape index (κ2) is 4.59. The number of hydrogen-bond donors (Lipinski definition) is 1. The van der Waals surface area contributed by atoms with Gasteiger partial charge >= 0.3 is 0 Å². The van der Waals surface area contributed by atoms with Crippen molar-refractivity contribution in [2.75, 3.05) is 7.05 Å². The average Bonchev–Trinajstić information content (AvgIpc) is 2.78. The number of nitrogens with one attached hydrogen (secondary N) is 1. The Balaban J connectivity index is 2.28. The first kappa shape index (κ1) is 11.0. The number of rotatable bonds is 3. The highest BCUT2D eigenvalue weighted by atomic mass is 35.5. The van der Waals surface area contributed by atoms with E-state index in [-0.39, 0.29) is 6.04 Å². The monoisotopic (exact) mass is 238 g/mol. The van der Waals surface area contributed by atoms with Gasteiger partial charge in [-0.3, -0.25) is 0 Å². The highest BCUT2D eigenvalue weighted by Crippen LogP contribution is 2.19. The van der Waals surface area contributed by atoms with Gasteiger partial charge in [0.25, 0.3) is 5.89 Å². The molecule has 1 atom stereocenters. The van der Waals surface area contributed by atoms with Gasteiger partial charge < -0.3 is 9.73 Å². The molecule has 0 spiro atoms. The molecular weight excluding hydrogens is 228 g/mol. The molecule has 84 valence electrons. The predicted octanol–water partition coefficient (Wildman–Crippen LogP) is 2.07. The third-order valence-electron chi connectivity index (χ3n) is 2.19. The van der Waals surface area contributed by atoms with Crippen molar-refractivity contribution in [3.63, 3.8) is 0 Å². The molecular formula is C10H11ClN4O.